The molecule has 2 aliphatic heterocycles. The molecular weight excluding hydrogens is 280 g/mol. The Morgan fingerprint density at radius 1 is 1.27 bits per heavy atom. The normalized spacial score (nSPS) is 20.9. The van der Waals surface area contributed by atoms with Crippen LogP contribution in [0, 0.1) is 12.8 Å². The largest absolute Gasteiger partial charge is 0.396 e. The molecule has 0 aromatic heterocycles. The first-order valence-corrected chi connectivity index (χ1v) is 7.92. The van der Waals surface area contributed by atoms with Crippen molar-refractivity contribution in [2.24, 2.45) is 5.92 Å². The summed E-state index contributed by atoms with van der Waals surface area (Å²) in [6.45, 7) is 3.77. The van der Waals surface area contributed by atoms with Crippen LogP contribution < -0.4 is 4.90 Å². The van der Waals surface area contributed by atoms with Gasteiger partial charge in [0.2, 0.25) is 0 Å². The van der Waals surface area contributed by atoms with Gasteiger partial charge >= 0.3 is 11.8 Å². The summed E-state index contributed by atoms with van der Waals surface area (Å²) in [6, 6.07) is 5.87. The molecule has 22 heavy (non-hydrogen) atoms. The van der Waals surface area contributed by atoms with E-state index in [0.717, 1.165) is 30.5 Å². The first kappa shape index (κ1) is 15.0. The van der Waals surface area contributed by atoms with E-state index >= 15 is 0 Å². The van der Waals surface area contributed by atoms with Crippen LogP contribution in [0.3, 0.4) is 0 Å². The summed E-state index contributed by atoms with van der Waals surface area (Å²) >= 11 is 0. The van der Waals surface area contributed by atoms with Crippen LogP contribution in [0.2, 0.25) is 0 Å². The zero-order chi connectivity index (χ0) is 15.7. The van der Waals surface area contributed by atoms with E-state index in [1.54, 1.807) is 9.80 Å². The number of fused-ring (bicyclic) bond motifs is 1. The summed E-state index contributed by atoms with van der Waals surface area (Å²) in [4.78, 5) is 28.3. The van der Waals surface area contributed by atoms with Gasteiger partial charge in [-0.05, 0) is 49.3 Å². The lowest BCUT2D eigenvalue weighted by atomic mass is 9.99. The van der Waals surface area contributed by atoms with Crippen molar-refractivity contribution in [3.05, 3.63) is 29.3 Å². The SMILES string of the molecule is Cc1cccc2c1CCN2C(=O)C(=O)N1CCCC(CO)C1. The Morgan fingerprint density at radius 3 is 2.86 bits per heavy atom. The molecule has 2 aliphatic rings. The van der Waals surface area contributed by atoms with E-state index in [1.807, 2.05) is 25.1 Å². The summed E-state index contributed by atoms with van der Waals surface area (Å²) < 4.78 is 0. The molecule has 1 aromatic rings. The van der Waals surface area contributed by atoms with E-state index in [0.29, 0.717) is 19.6 Å². The van der Waals surface area contributed by atoms with Gasteiger partial charge in [0, 0.05) is 31.9 Å². The molecule has 1 saturated heterocycles. The highest BCUT2D eigenvalue weighted by atomic mass is 16.3. The van der Waals surface area contributed by atoms with Gasteiger partial charge < -0.3 is 14.9 Å². The average molecular weight is 302 g/mol. The molecule has 0 saturated carbocycles. The van der Waals surface area contributed by atoms with Crippen LogP contribution in [0.25, 0.3) is 0 Å². The second-order valence-electron chi connectivity index (χ2n) is 6.22. The van der Waals surface area contributed by atoms with Crippen LogP contribution in [0.5, 0.6) is 0 Å². The standard InChI is InChI=1S/C17H22N2O3/c1-12-4-2-6-15-14(12)7-9-19(15)17(22)16(21)18-8-3-5-13(10-18)11-20/h2,4,6,13,20H,3,5,7-11H2,1H3. The predicted molar refractivity (Wildman–Crippen MR) is 83.6 cm³/mol. The lowest BCUT2D eigenvalue weighted by Crippen LogP contribution is -2.49. The monoisotopic (exact) mass is 302 g/mol. The average Bonchev–Trinajstić information content (AvgIpc) is 2.99. The highest BCUT2D eigenvalue weighted by Gasteiger charge is 2.34. The minimum Gasteiger partial charge on any atom is -0.396 e. The second-order valence-corrected chi connectivity index (χ2v) is 6.22. The topological polar surface area (TPSA) is 60.9 Å². The molecule has 0 spiro atoms. The summed E-state index contributed by atoms with van der Waals surface area (Å²) in [6.07, 6.45) is 2.57. The number of amides is 2. The fraction of sp³-hybridized carbons (Fsp3) is 0.529. The molecule has 1 fully saturated rings. The Bertz CT molecular complexity index is 600. The maximum Gasteiger partial charge on any atom is 0.316 e. The van der Waals surface area contributed by atoms with Gasteiger partial charge in [-0.25, -0.2) is 0 Å². The van der Waals surface area contributed by atoms with Crippen molar-refractivity contribution in [3.8, 4) is 0 Å². The first-order valence-electron chi connectivity index (χ1n) is 7.92. The Morgan fingerprint density at radius 2 is 2.09 bits per heavy atom. The smallest absolute Gasteiger partial charge is 0.316 e. The van der Waals surface area contributed by atoms with Crippen LogP contribution in [-0.2, 0) is 16.0 Å². The molecule has 5 nitrogen and oxygen atoms in total. The fourth-order valence-corrected chi connectivity index (χ4v) is 3.47. The number of nitrogens with zero attached hydrogens (tertiary/aromatic N) is 2. The van der Waals surface area contributed by atoms with Crippen molar-refractivity contribution in [2.75, 3.05) is 31.1 Å². The summed E-state index contributed by atoms with van der Waals surface area (Å²) in [7, 11) is 0. The lowest BCUT2D eigenvalue weighted by Gasteiger charge is -2.32. The summed E-state index contributed by atoms with van der Waals surface area (Å²) in [5.41, 5.74) is 3.20. The van der Waals surface area contributed by atoms with E-state index in [-0.39, 0.29) is 12.5 Å². The molecule has 1 N–H and O–H groups in total. The highest BCUT2D eigenvalue weighted by molar-refractivity contribution is 6.40. The number of aliphatic hydroxyl groups excluding tert-OH is 1. The van der Waals surface area contributed by atoms with Gasteiger partial charge in [0.1, 0.15) is 0 Å². The lowest BCUT2D eigenvalue weighted by molar-refractivity contribution is -0.145. The number of piperidine rings is 1. The minimum absolute atomic E-state index is 0.0731. The first-order chi connectivity index (χ1) is 10.6. The third-order valence-electron chi connectivity index (χ3n) is 4.75. The second kappa shape index (κ2) is 6.08. The molecule has 3 rings (SSSR count). The minimum atomic E-state index is -0.442. The maximum atomic E-state index is 12.6. The number of hydrogen-bond acceptors (Lipinski definition) is 3. The number of rotatable bonds is 1. The van der Waals surface area contributed by atoms with E-state index in [4.69, 9.17) is 0 Å². The molecular formula is C17H22N2O3. The van der Waals surface area contributed by atoms with Gasteiger partial charge in [0.15, 0.2) is 0 Å². The fourth-order valence-electron chi connectivity index (χ4n) is 3.47. The van der Waals surface area contributed by atoms with Gasteiger partial charge in [-0.3, -0.25) is 9.59 Å². The Hall–Kier alpha value is -1.88. The summed E-state index contributed by atoms with van der Waals surface area (Å²) in [5.74, 6) is -0.783. The van der Waals surface area contributed by atoms with Crippen molar-refractivity contribution in [2.45, 2.75) is 26.2 Å². The molecule has 118 valence electrons. The number of anilines is 1. The van der Waals surface area contributed by atoms with E-state index in [9.17, 15) is 14.7 Å². The number of carbonyl (C=O) groups is 2. The maximum absolute atomic E-state index is 12.6. The molecule has 5 heteroatoms. The van der Waals surface area contributed by atoms with Crippen molar-refractivity contribution in [3.63, 3.8) is 0 Å². The van der Waals surface area contributed by atoms with Gasteiger partial charge in [0.25, 0.3) is 0 Å². The molecule has 1 unspecified atom stereocenters. The highest BCUT2D eigenvalue weighted by Crippen LogP contribution is 2.30. The van der Waals surface area contributed by atoms with Crippen LogP contribution >= 0.6 is 0 Å². The molecule has 1 atom stereocenters. The third-order valence-corrected chi connectivity index (χ3v) is 4.75. The van der Waals surface area contributed by atoms with Crippen LogP contribution in [0.4, 0.5) is 5.69 Å². The zero-order valence-corrected chi connectivity index (χ0v) is 12.9. The van der Waals surface area contributed by atoms with Crippen molar-refractivity contribution in [1.82, 2.24) is 4.90 Å². The number of likely N-dealkylation sites (tertiary alicyclic amines) is 1. The van der Waals surface area contributed by atoms with Crippen molar-refractivity contribution in [1.29, 1.82) is 0 Å². The summed E-state index contributed by atoms with van der Waals surface area (Å²) in [5, 5.41) is 9.27. The third kappa shape index (κ3) is 2.61. The van der Waals surface area contributed by atoms with Crippen molar-refractivity contribution < 1.29 is 14.7 Å². The van der Waals surface area contributed by atoms with Gasteiger partial charge in [-0.15, -0.1) is 0 Å². The Balaban J connectivity index is 1.75. The number of aryl methyl sites for hydroxylation is 1. The Labute approximate surface area is 130 Å². The molecule has 0 radical (unpaired) electrons. The van der Waals surface area contributed by atoms with E-state index < -0.39 is 11.8 Å². The molecule has 0 bridgehead atoms. The number of aliphatic hydroxyl groups is 1. The molecule has 0 aliphatic carbocycles. The van der Waals surface area contributed by atoms with E-state index in [1.165, 1.54) is 5.56 Å². The molecule has 2 amide bonds. The zero-order valence-electron chi connectivity index (χ0n) is 12.9. The van der Waals surface area contributed by atoms with Crippen molar-refractivity contribution >= 4 is 17.5 Å². The van der Waals surface area contributed by atoms with E-state index in [2.05, 4.69) is 0 Å². The number of hydrogen-bond donors (Lipinski definition) is 1. The van der Waals surface area contributed by atoms with Gasteiger partial charge in [-0.2, -0.15) is 0 Å². The predicted octanol–water partition coefficient (Wildman–Crippen LogP) is 1.12. The van der Waals surface area contributed by atoms with Gasteiger partial charge in [-0.1, -0.05) is 12.1 Å². The number of carbonyl (C=O) groups excluding carboxylic acids is 2. The molecule has 1 aromatic carbocycles. The number of benzene rings is 1. The van der Waals surface area contributed by atoms with Crippen LogP contribution in [-0.4, -0.2) is 48.1 Å². The quantitative estimate of drug-likeness (QED) is 0.791. The Kier molecular flexibility index (Phi) is 4.16. The van der Waals surface area contributed by atoms with Crippen LogP contribution in [0.15, 0.2) is 18.2 Å². The van der Waals surface area contributed by atoms with Gasteiger partial charge in [0.05, 0.1) is 0 Å². The molecule has 2 heterocycles. The van der Waals surface area contributed by atoms with Crippen LogP contribution in [0.1, 0.15) is 24.0 Å².